The van der Waals surface area contributed by atoms with Gasteiger partial charge in [0.1, 0.15) is 11.6 Å². The van der Waals surface area contributed by atoms with E-state index in [9.17, 15) is 13.6 Å². The molecule has 1 N–H and O–H groups in total. The number of nitrogens with zero attached hydrogens (tertiary/aromatic N) is 2. The molecule has 0 spiro atoms. The number of aliphatic hydroxyl groups is 1. The number of amides is 1. The highest BCUT2D eigenvalue weighted by molar-refractivity contribution is 5.80. The van der Waals surface area contributed by atoms with Gasteiger partial charge in [-0.2, -0.15) is 5.10 Å². The van der Waals surface area contributed by atoms with Crippen LogP contribution in [0.3, 0.4) is 0 Å². The SMILES string of the molecule is C=C(CO)CCC(=O)N1N=CCC1c1cc(F)cc(F)c1.CC. The van der Waals surface area contributed by atoms with E-state index in [1.54, 1.807) is 6.21 Å². The molecular formula is C17H22F2N2O2. The highest BCUT2D eigenvalue weighted by atomic mass is 19.1. The summed E-state index contributed by atoms with van der Waals surface area (Å²) in [5.74, 6) is -1.64. The number of aliphatic hydroxyl groups excluding tert-OH is 1. The smallest absolute Gasteiger partial charge is 0.243 e. The average Bonchev–Trinajstić information content (AvgIpc) is 3.03. The monoisotopic (exact) mass is 324 g/mol. The highest BCUT2D eigenvalue weighted by Crippen LogP contribution is 2.30. The molecular weight excluding hydrogens is 302 g/mol. The van der Waals surface area contributed by atoms with Crippen molar-refractivity contribution in [1.82, 2.24) is 5.01 Å². The summed E-state index contributed by atoms with van der Waals surface area (Å²) in [6.07, 6.45) is 2.46. The lowest BCUT2D eigenvalue weighted by Crippen LogP contribution is -2.27. The Kier molecular flexibility index (Phi) is 7.54. The van der Waals surface area contributed by atoms with Crippen molar-refractivity contribution in [1.29, 1.82) is 0 Å². The fourth-order valence-corrected chi connectivity index (χ4v) is 2.18. The molecule has 2 rings (SSSR count). The van der Waals surface area contributed by atoms with Gasteiger partial charge in [-0.25, -0.2) is 13.8 Å². The second-order valence-corrected chi connectivity index (χ2v) is 4.90. The van der Waals surface area contributed by atoms with E-state index in [1.807, 2.05) is 13.8 Å². The number of carbonyl (C=O) groups excluding carboxylic acids is 1. The van der Waals surface area contributed by atoms with Crippen LogP contribution in [0.25, 0.3) is 0 Å². The Morgan fingerprint density at radius 2 is 1.91 bits per heavy atom. The quantitative estimate of drug-likeness (QED) is 0.842. The van der Waals surface area contributed by atoms with Crippen LogP contribution in [-0.4, -0.2) is 28.8 Å². The lowest BCUT2D eigenvalue weighted by Gasteiger charge is -2.22. The third-order valence-corrected chi connectivity index (χ3v) is 3.27. The molecule has 0 aliphatic carbocycles. The Labute approximate surface area is 135 Å². The summed E-state index contributed by atoms with van der Waals surface area (Å²) >= 11 is 0. The maximum atomic E-state index is 13.3. The second-order valence-electron chi connectivity index (χ2n) is 4.90. The minimum atomic E-state index is -0.682. The van der Waals surface area contributed by atoms with E-state index in [4.69, 9.17) is 5.11 Å². The number of rotatable bonds is 5. The van der Waals surface area contributed by atoms with Crippen molar-refractivity contribution in [3.05, 3.63) is 47.5 Å². The summed E-state index contributed by atoms with van der Waals surface area (Å²) in [6, 6.07) is 2.70. The summed E-state index contributed by atoms with van der Waals surface area (Å²) in [7, 11) is 0. The van der Waals surface area contributed by atoms with Crippen LogP contribution in [-0.2, 0) is 4.79 Å². The van der Waals surface area contributed by atoms with Crippen LogP contribution in [0.15, 0.2) is 35.5 Å². The topological polar surface area (TPSA) is 52.9 Å². The molecule has 0 saturated heterocycles. The largest absolute Gasteiger partial charge is 0.392 e. The summed E-state index contributed by atoms with van der Waals surface area (Å²) < 4.78 is 26.6. The van der Waals surface area contributed by atoms with Gasteiger partial charge in [-0.15, -0.1) is 0 Å². The number of benzene rings is 1. The van der Waals surface area contributed by atoms with Crippen molar-refractivity contribution >= 4 is 12.1 Å². The molecule has 1 amide bonds. The predicted molar refractivity (Wildman–Crippen MR) is 85.9 cm³/mol. The first-order valence-corrected chi connectivity index (χ1v) is 7.59. The van der Waals surface area contributed by atoms with Crippen LogP contribution in [0.4, 0.5) is 8.78 Å². The molecule has 1 aliphatic heterocycles. The molecule has 0 radical (unpaired) electrons. The van der Waals surface area contributed by atoms with Gasteiger partial charge in [-0.05, 0) is 24.1 Å². The molecule has 1 aromatic carbocycles. The molecule has 1 heterocycles. The zero-order chi connectivity index (χ0) is 17.4. The van der Waals surface area contributed by atoms with Gasteiger partial charge in [0.25, 0.3) is 0 Å². The van der Waals surface area contributed by atoms with Crippen molar-refractivity contribution < 1.29 is 18.7 Å². The third kappa shape index (κ3) is 5.25. The fraction of sp³-hybridized carbons (Fsp3) is 0.412. The van der Waals surface area contributed by atoms with E-state index in [-0.39, 0.29) is 18.9 Å². The van der Waals surface area contributed by atoms with E-state index in [0.29, 0.717) is 24.0 Å². The molecule has 23 heavy (non-hydrogen) atoms. The standard InChI is InChI=1S/C15H16F2N2O2.C2H6/c1-10(9-20)2-3-15(21)19-14(4-5-18-19)11-6-12(16)8-13(17)7-11;1-2/h5-8,14,20H,1-4,9H2;1-2H3. The Hall–Kier alpha value is -2.08. The van der Waals surface area contributed by atoms with E-state index in [0.717, 1.165) is 6.07 Å². The van der Waals surface area contributed by atoms with Gasteiger partial charge in [-0.1, -0.05) is 26.0 Å². The van der Waals surface area contributed by atoms with E-state index in [2.05, 4.69) is 11.7 Å². The van der Waals surface area contributed by atoms with Crippen molar-refractivity contribution in [2.45, 2.75) is 39.2 Å². The molecule has 4 nitrogen and oxygen atoms in total. The van der Waals surface area contributed by atoms with Crippen LogP contribution < -0.4 is 0 Å². The summed E-state index contributed by atoms with van der Waals surface area (Å²) in [4.78, 5) is 12.1. The Morgan fingerprint density at radius 1 is 1.30 bits per heavy atom. The second kappa shape index (κ2) is 9.15. The van der Waals surface area contributed by atoms with Crippen LogP contribution in [0, 0.1) is 11.6 Å². The lowest BCUT2D eigenvalue weighted by molar-refractivity contribution is -0.133. The fourth-order valence-electron chi connectivity index (χ4n) is 2.18. The molecule has 0 fully saturated rings. The normalized spacial score (nSPS) is 16.0. The van der Waals surface area contributed by atoms with Crippen LogP contribution in [0.1, 0.15) is 44.7 Å². The summed E-state index contributed by atoms with van der Waals surface area (Å²) in [6.45, 7) is 7.44. The van der Waals surface area contributed by atoms with Crippen molar-refractivity contribution in [3.63, 3.8) is 0 Å². The Balaban J connectivity index is 0.00000127. The maximum absolute atomic E-state index is 13.3. The molecule has 0 saturated carbocycles. The minimum absolute atomic E-state index is 0.144. The van der Waals surface area contributed by atoms with Gasteiger partial charge in [0, 0.05) is 25.1 Å². The van der Waals surface area contributed by atoms with Crippen LogP contribution in [0.2, 0.25) is 0 Å². The number of hydrazone groups is 1. The first kappa shape index (κ1) is 19.0. The molecule has 6 heteroatoms. The van der Waals surface area contributed by atoms with Gasteiger partial charge in [0.15, 0.2) is 0 Å². The molecule has 1 unspecified atom stereocenters. The first-order chi connectivity index (χ1) is 11.0. The third-order valence-electron chi connectivity index (χ3n) is 3.27. The van der Waals surface area contributed by atoms with Gasteiger partial charge in [-0.3, -0.25) is 4.79 Å². The highest BCUT2D eigenvalue weighted by Gasteiger charge is 2.28. The molecule has 0 bridgehead atoms. The van der Waals surface area contributed by atoms with Crippen molar-refractivity contribution in [2.24, 2.45) is 5.10 Å². The Bertz CT molecular complexity index is 568. The maximum Gasteiger partial charge on any atom is 0.243 e. The van der Waals surface area contributed by atoms with E-state index >= 15 is 0 Å². The molecule has 126 valence electrons. The number of hydrogen-bond acceptors (Lipinski definition) is 3. The lowest BCUT2D eigenvalue weighted by atomic mass is 10.0. The van der Waals surface area contributed by atoms with Crippen LogP contribution in [0.5, 0.6) is 0 Å². The predicted octanol–water partition coefficient (Wildman–Crippen LogP) is 3.58. The molecule has 1 aromatic rings. The van der Waals surface area contributed by atoms with Gasteiger partial charge in [0.05, 0.1) is 12.6 Å². The zero-order valence-electron chi connectivity index (χ0n) is 13.4. The summed E-state index contributed by atoms with van der Waals surface area (Å²) in [5, 5.41) is 14.1. The molecule has 0 aromatic heterocycles. The van der Waals surface area contributed by atoms with Gasteiger partial charge >= 0.3 is 0 Å². The van der Waals surface area contributed by atoms with Crippen molar-refractivity contribution in [3.8, 4) is 0 Å². The summed E-state index contributed by atoms with van der Waals surface area (Å²) in [5.41, 5.74) is 0.930. The number of carbonyl (C=O) groups is 1. The zero-order valence-corrected chi connectivity index (χ0v) is 13.4. The van der Waals surface area contributed by atoms with Crippen LogP contribution >= 0.6 is 0 Å². The Morgan fingerprint density at radius 3 is 2.48 bits per heavy atom. The van der Waals surface area contributed by atoms with Gasteiger partial charge < -0.3 is 5.11 Å². The first-order valence-electron chi connectivity index (χ1n) is 7.59. The minimum Gasteiger partial charge on any atom is -0.392 e. The number of halogens is 2. The average molecular weight is 324 g/mol. The molecule has 1 atom stereocenters. The number of hydrogen-bond donors (Lipinski definition) is 1. The van der Waals surface area contributed by atoms with E-state index < -0.39 is 17.7 Å². The van der Waals surface area contributed by atoms with Crippen molar-refractivity contribution in [2.75, 3.05) is 6.61 Å². The van der Waals surface area contributed by atoms with E-state index in [1.165, 1.54) is 17.1 Å². The van der Waals surface area contributed by atoms with Gasteiger partial charge in [0.2, 0.25) is 5.91 Å². The molecule has 1 aliphatic rings.